The summed E-state index contributed by atoms with van der Waals surface area (Å²) in [7, 11) is 0. The minimum atomic E-state index is 0.129. The number of piperidine rings is 1. The maximum Gasteiger partial charge on any atom is 0.151 e. The van der Waals surface area contributed by atoms with Crippen molar-refractivity contribution in [3.63, 3.8) is 0 Å². The lowest BCUT2D eigenvalue weighted by atomic mass is 9.92. The molecule has 1 aromatic heterocycles. The molecule has 0 aliphatic carbocycles. The number of aryl methyl sites for hydroxylation is 1. The number of halogens is 1. The van der Waals surface area contributed by atoms with Crippen molar-refractivity contribution in [2.45, 2.75) is 38.8 Å². The van der Waals surface area contributed by atoms with Crippen LogP contribution in [0.5, 0.6) is 5.75 Å². The number of aromatic hydroxyl groups is 1. The van der Waals surface area contributed by atoms with Gasteiger partial charge >= 0.3 is 0 Å². The van der Waals surface area contributed by atoms with Gasteiger partial charge in [-0.15, -0.1) is 10.2 Å². The van der Waals surface area contributed by atoms with Gasteiger partial charge in [0.05, 0.1) is 5.69 Å². The zero-order valence-corrected chi connectivity index (χ0v) is 15.3. The minimum absolute atomic E-state index is 0.129. The fraction of sp³-hybridized carbons (Fsp3) is 0.474. The quantitative estimate of drug-likeness (QED) is 0.861. The Morgan fingerprint density at radius 3 is 2.88 bits per heavy atom. The van der Waals surface area contributed by atoms with E-state index in [1.54, 1.807) is 12.1 Å². The average molecular weight is 359 g/mol. The van der Waals surface area contributed by atoms with Crippen LogP contribution in [0.2, 0.25) is 5.02 Å². The van der Waals surface area contributed by atoms with E-state index >= 15 is 0 Å². The fourth-order valence-corrected chi connectivity index (χ4v) is 4.26. The maximum atomic E-state index is 10.2. The van der Waals surface area contributed by atoms with E-state index in [0.717, 1.165) is 30.9 Å². The normalized spacial score (nSPS) is 25.9. The molecule has 0 saturated carbocycles. The topological polar surface area (TPSA) is 61.3 Å². The number of aromatic nitrogens is 2. The van der Waals surface area contributed by atoms with Crippen molar-refractivity contribution >= 4 is 17.4 Å². The van der Waals surface area contributed by atoms with Gasteiger partial charge in [0, 0.05) is 29.2 Å². The highest BCUT2D eigenvalue weighted by atomic mass is 35.5. The highest BCUT2D eigenvalue weighted by molar-refractivity contribution is 6.30. The predicted octanol–water partition coefficient (Wildman–Crippen LogP) is 3.39. The van der Waals surface area contributed by atoms with E-state index < -0.39 is 0 Å². The Labute approximate surface area is 153 Å². The lowest BCUT2D eigenvalue weighted by molar-refractivity contribution is 0.310. The van der Waals surface area contributed by atoms with Crippen LogP contribution in [0.3, 0.4) is 0 Å². The van der Waals surface area contributed by atoms with Gasteiger partial charge in [-0.05, 0) is 62.1 Å². The molecule has 1 unspecified atom stereocenters. The van der Waals surface area contributed by atoms with Gasteiger partial charge in [0.2, 0.25) is 0 Å². The maximum absolute atomic E-state index is 10.2. The molecule has 1 aromatic carbocycles. The van der Waals surface area contributed by atoms with Gasteiger partial charge in [0.1, 0.15) is 5.75 Å². The summed E-state index contributed by atoms with van der Waals surface area (Å²) in [5, 5.41) is 23.2. The molecule has 0 bridgehead atoms. The summed E-state index contributed by atoms with van der Waals surface area (Å²) in [5.74, 6) is 1.74. The molecular formula is C19H23ClN4O. The highest BCUT2D eigenvalue weighted by Crippen LogP contribution is 2.35. The molecule has 2 aromatic rings. The van der Waals surface area contributed by atoms with Crippen molar-refractivity contribution < 1.29 is 5.11 Å². The summed E-state index contributed by atoms with van der Waals surface area (Å²) in [4.78, 5) is 2.39. The molecule has 132 valence electrons. The van der Waals surface area contributed by atoms with Crippen LogP contribution in [0.1, 0.15) is 25.3 Å². The first kappa shape index (κ1) is 16.6. The number of hydrogen-bond acceptors (Lipinski definition) is 5. The first-order chi connectivity index (χ1) is 12.0. The number of benzene rings is 1. The molecule has 2 N–H and O–H groups in total. The van der Waals surface area contributed by atoms with Crippen LogP contribution in [0.4, 0.5) is 5.82 Å². The molecule has 0 amide bonds. The van der Waals surface area contributed by atoms with Crippen LogP contribution >= 0.6 is 11.6 Å². The summed E-state index contributed by atoms with van der Waals surface area (Å²) in [6, 6.07) is 8.20. The number of hydrogen-bond donors (Lipinski definition) is 2. The second-order valence-electron chi connectivity index (χ2n) is 7.30. The largest absolute Gasteiger partial charge is 0.507 e. The molecule has 2 saturated heterocycles. The van der Waals surface area contributed by atoms with E-state index in [-0.39, 0.29) is 5.75 Å². The van der Waals surface area contributed by atoms with Crippen molar-refractivity contribution in [3.05, 3.63) is 34.9 Å². The monoisotopic (exact) mass is 358 g/mol. The van der Waals surface area contributed by atoms with Crippen LogP contribution in [0.25, 0.3) is 11.3 Å². The summed E-state index contributed by atoms with van der Waals surface area (Å²) in [6.45, 7) is 6.42. The Kier molecular flexibility index (Phi) is 4.29. The van der Waals surface area contributed by atoms with Crippen LogP contribution in [-0.4, -0.2) is 40.5 Å². The number of nitrogens with zero attached hydrogens (tertiary/aromatic N) is 3. The molecule has 5 nitrogen and oxygen atoms in total. The second-order valence-corrected chi connectivity index (χ2v) is 7.74. The molecule has 25 heavy (non-hydrogen) atoms. The number of phenols is 1. The summed E-state index contributed by atoms with van der Waals surface area (Å²) >= 11 is 5.92. The summed E-state index contributed by atoms with van der Waals surface area (Å²) in [5.41, 5.74) is 2.36. The lowest BCUT2D eigenvalue weighted by Crippen LogP contribution is -2.50. The first-order valence-corrected chi connectivity index (χ1v) is 9.24. The third kappa shape index (κ3) is 3.07. The molecule has 4 rings (SSSR count). The standard InChI is InChI=1S/C19H23ClN4O/c1-11-7-16-15(21-10-11)5-6-24(16)18-8-12(2)19(23-22-18)14-4-3-13(20)9-17(14)25/h3-4,8-9,11,15-16,21,25H,5-7,10H2,1-2H3/t11?,15-,16+/m1/s1. The Bertz CT molecular complexity index is 797. The molecule has 3 heterocycles. The van der Waals surface area contributed by atoms with Gasteiger partial charge in [0.25, 0.3) is 0 Å². The number of nitrogens with one attached hydrogen (secondary N) is 1. The van der Waals surface area contributed by atoms with E-state index in [1.165, 1.54) is 12.5 Å². The molecule has 0 spiro atoms. The van der Waals surface area contributed by atoms with Crippen LogP contribution < -0.4 is 10.2 Å². The van der Waals surface area contributed by atoms with E-state index in [9.17, 15) is 5.11 Å². The molecule has 2 aliphatic rings. The average Bonchev–Trinajstić information content (AvgIpc) is 2.98. The van der Waals surface area contributed by atoms with Crippen LogP contribution in [-0.2, 0) is 0 Å². The third-order valence-electron chi connectivity index (χ3n) is 5.40. The molecule has 2 fully saturated rings. The number of phenolic OH excluding ortho intramolecular Hbond substituents is 1. The van der Waals surface area contributed by atoms with Gasteiger partial charge in [-0.1, -0.05) is 18.5 Å². The van der Waals surface area contributed by atoms with Crippen LogP contribution in [0.15, 0.2) is 24.3 Å². The lowest BCUT2D eigenvalue weighted by Gasteiger charge is -2.36. The number of fused-ring (bicyclic) bond motifs is 1. The van der Waals surface area contributed by atoms with Gasteiger partial charge in [-0.2, -0.15) is 0 Å². The SMILES string of the molecule is Cc1cc(N2CC[C@H]3NCC(C)C[C@@H]32)nnc1-c1ccc(Cl)cc1O. The van der Waals surface area contributed by atoms with Crippen molar-refractivity contribution in [2.24, 2.45) is 5.92 Å². The Morgan fingerprint density at radius 2 is 2.12 bits per heavy atom. The number of anilines is 1. The van der Waals surface area contributed by atoms with Crippen LogP contribution in [0, 0.1) is 12.8 Å². The zero-order chi connectivity index (χ0) is 17.6. The Morgan fingerprint density at radius 1 is 1.28 bits per heavy atom. The molecule has 0 radical (unpaired) electrons. The minimum Gasteiger partial charge on any atom is -0.507 e. The van der Waals surface area contributed by atoms with Gasteiger partial charge in [-0.25, -0.2) is 0 Å². The van der Waals surface area contributed by atoms with E-state index in [1.807, 2.05) is 6.92 Å². The number of rotatable bonds is 2. The van der Waals surface area contributed by atoms with Crippen molar-refractivity contribution in [1.82, 2.24) is 15.5 Å². The summed E-state index contributed by atoms with van der Waals surface area (Å²) < 4.78 is 0. The van der Waals surface area contributed by atoms with Crippen molar-refractivity contribution in [2.75, 3.05) is 18.0 Å². The molecular weight excluding hydrogens is 336 g/mol. The first-order valence-electron chi connectivity index (χ1n) is 8.86. The second kappa shape index (κ2) is 6.46. The zero-order valence-electron chi connectivity index (χ0n) is 14.5. The van der Waals surface area contributed by atoms with Gasteiger partial charge < -0.3 is 15.3 Å². The van der Waals surface area contributed by atoms with Gasteiger partial charge in [-0.3, -0.25) is 0 Å². The molecule has 6 heteroatoms. The molecule has 3 atom stereocenters. The van der Waals surface area contributed by atoms with Gasteiger partial charge in [0.15, 0.2) is 5.82 Å². The molecule has 2 aliphatic heterocycles. The predicted molar refractivity (Wildman–Crippen MR) is 100 cm³/mol. The highest BCUT2D eigenvalue weighted by Gasteiger charge is 2.38. The van der Waals surface area contributed by atoms with E-state index in [0.29, 0.717) is 34.3 Å². The van der Waals surface area contributed by atoms with Crippen molar-refractivity contribution in [1.29, 1.82) is 0 Å². The smallest absolute Gasteiger partial charge is 0.151 e. The van der Waals surface area contributed by atoms with E-state index in [4.69, 9.17) is 11.6 Å². The van der Waals surface area contributed by atoms with E-state index in [2.05, 4.69) is 33.4 Å². The summed E-state index contributed by atoms with van der Waals surface area (Å²) in [6.07, 6.45) is 2.34. The Hall–Kier alpha value is -1.85. The van der Waals surface area contributed by atoms with Crippen molar-refractivity contribution in [3.8, 4) is 17.0 Å². The third-order valence-corrected chi connectivity index (χ3v) is 5.63. The Balaban J connectivity index is 1.64. The fourth-order valence-electron chi connectivity index (χ4n) is 4.10.